The van der Waals surface area contributed by atoms with E-state index in [1.54, 1.807) is 23.1 Å². The van der Waals surface area contributed by atoms with Crippen molar-refractivity contribution in [2.24, 2.45) is 0 Å². The molecule has 1 aromatic rings. The third kappa shape index (κ3) is 4.10. The molecule has 1 aromatic carbocycles. The Hall–Kier alpha value is -2.57. The van der Waals surface area contributed by atoms with Crippen LogP contribution in [-0.4, -0.2) is 46.5 Å². The van der Waals surface area contributed by atoms with Crippen LogP contribution in [0.4, 0.5) is 5.69 Å². The van der Waals surface area contributed by atoms with Crippen molar-refractivity contribution >= 4 is 23.5 Å². The summed E-state index contributed by atoms with van der Waals surface area (Å²) >= 11 is 0. The lowest BCUT2D eigenvalue weighted by molar-refractivity contribution is -0.142. The lowest BCUT2D eigenvalue weighted by Gasteiger charge is -2.37. The van der Waals surface area contributed by atoms with Gasteiger partial charge in [-0.2, -0.15) is 0 Å². The molecule has 1 fully saturated rings. The summed E-state index contributed by atoms with van der Waals surface area (Å²) in [6.07, 6.45) is 2.29. The predicted octanol–water partition coefficient (Wildman–Crippen LogP) is 2.02. The minimum Gasteiger partial charge on any atom is -0.481 e. The number of nitrogens with zero attached hydrogens (tertiary/aromatic N) is 1. The predicted molar refractivity (Wildman–Crippen MR) is 90.3 cm³/mol. The minimum absolute atomic E-state index is 0.0380. The van der Waals surface area contributed by atoms with Gasteiger partial charge in [-0.25, -0.2) is 0 Å². The molecule has 3 rings (SSSR count). The fourth-order valence-corrected chi connectivity index (χ4v) is 3.42. The maximum atomic E-state index is 12.7. The van der Waals surface area contributed by atoms with Crippen LogP contribution in [-0.2, 0) is 14.4 Å². The number of nitrogens with one attached hydrogen (secondary N) is 1. The van der Waals surface area contributed by atoms with E-state index in [0.29, 0.717) is 24.4 Å². The van der Waals surface area contributed by atoms with Gasteiger partial charge >= 0.3 is 5.97 Å². The maximum Gasteiger partial charge on any atom is 0.303 e. The Morgan fingerprint density at radius 3 is 2.88 bits per heavy atom. The number of ether oxygens (including phenoxy) is 1. The molecule has 2 unspecified atom stereocenters. The smallest absolute Gasteiger partial charge is 0.303 e. The molecule has 0 spiro atoms. The molecule has 0 aromatic heterocycles. The van der Waals surface area contributed by atoms with Crippen LogP contribution in [0.1, 0.15) is 38.5 Å². The molecule has 134 valence electrons. The summed E-state index contributed by atoms with van der Waals surface area (Å²) < 4.78 is 5.69. The summed E-state index contributed by atoms with van der Waals surface area (Å²) in [7, 11) is 0. The molecule has 2 atom stereocenters. The molecule has 0 aliphatic carbocycles. The number of rotatable bonds is 5. The zero-order valence-corrected chi connectivity index (χ0v) is 13.9. The second-order valence-corrected chi connectivity index (χ2v) is 6.47. The Labute approximate surface area is 146 Å². The molecular formula is C18H22N2O5. The van der Waals surface area contributed by atoms with Crippen molar-refractivity contribution in [3.05, 3.63) is 24.3 Å². The van der Waals surface area contributed by atoms with Crippen LogP contribution < -0.4 is 10.1 Å². The average molecular weight is 346 g/mol. The van der Waals surface area contributed by atoms with Crippen molar-refractivity contribution < 1.29 is 24.2 Å². The second-order valence-electron chi connectivity index (χ2n) is 6.47. The van der Waals surface area contributed by atoms with E-state index < -0.39 is 12.1 Å². The Balaban J connectivity index is 1.64. The van der Waals surface area contributed by atoms with Gasteiger partial charge in [0.2, 0.25) is 5.91 Å². The van der Waals surface area contributed by atoms with E-state index in [1.807, 2.05) is 6.07 Å². The third-order valence-electron chi connectivity index (χ3n) is 4.71. The molecular weight excluding hydrogens is 324 g/mol. The van der Waals surface area contributed by atoms with Crippen LogP contribution in [0, 0.1) is 0 Å². The molecule has 1 saturated heterocycles. The van der Waals surface area contributed by atoms with E-state index in [0.717, 1.165) is 19.3 Å². The number of carbonyl (C=O) groups excluding carboxylic acids is 2. The van der Waals surface area contributed by atoms with E-state index in [2.05, 4.69) is 5.32 Å². The highest BCUT2D eigenvalue weighted by Gasteiger charge is 2.34. The highest BCUT2D eigenvalue weighted by Crippen LogP contribution is 2.30. The molecule has 2 aliphatic rings. The van der Waals surface area contributed by atoms with Gasteiger partial charge in [0, 0.05) is 19.0 Å². The van der Waals surface area contributed by atoms with Crippen LogP contribution >= 0.6 is 0 Å². The maximum absolute atomic E-state index is 12.7. The zero-order chi connectivity index (χ0) is 17.8. The number of piperidine rings is 1. The number of carboxylic acids is 1. The van der Waals surface area contributed by atoms with Crippen LogP contribution in [0.15, 0.2) is 24.3 Å². The van der Waals surface area contributed by atoms with Crippen LogP contribution in [0.5, 0.6) is 5.75 Å². The van der Waals surface area contributed by atoms with E-state index in [9.17, 15) is 14.4 Å². The van der Waals surface area contributed by atoms with E-state index in [-0.39, 0.29) is 30.7 Å². The largest absolute Gasteiger partial charge is 0.481 e. The Morgan fingerprint density at radius 1 is 1.28 bits per heavy atom. The summed E-state index contributed by atoms with van der Waals surface area (Å²) in [5.41, 5.74) is 0.605. The fraction of sp³-hybridized carbons (Fsp3) is 0.500. The summed E-state index contributed by atoms with van der Waals surface area (Å²) in [5.74, 6) is -0.786. The van der Waals surface area contributed by atoms with Gasteiger partial charge in [-0.3, -0.25) is 14.4 Å². The number of hydrogen-bond acceptors (Lipinski definition) is 4. The Morgan fingerprint density at radius 2 is 2.08 bits per heavy atom. The van der Waals surface area contributed by atoms with Gasteiger partial charge in [0.15, 0.2) is 6.10 Å². The topological polar surface area (TPSA) is 95.9 Å². The monoisotopic (exact) mass is 346 g/mol. The van der Waals surface area contributed by atoms with E-state index in [1.165, 1.54) is 0 Å². The number of hydrogen-bond donors (Lipinski definition) is 2. The molecule has 2 heterocycles. The van der Waals surface area contributed by atoms with Crippen molar-refractivity contribution in [3.8, 4) is 5.75 Å². The molecule has 7 nitrogen and oxygen atoms in total. The van der Waals surface area contributed by atoms with Gasteiger partial charge in [0.25, 0.3) is 5.91 Å². The number of para-hydroxylation sites is 2. The molecule has 0 radical (unpaired) electrons. The second kappa shape index (κ2) is 7.55. The first-order valence-electron chi connectivity index (χ1n) is 8.62. The van der Waals surface area contributed by atoms with Gasteiger partial charge in [0.1, 0.15) is 5.75 Å². The van der Waals surface area contributed by atoms with Crippen LogP contribution in [0.2, 0.25) is 0 Å². The van der Waals surface area contributed by atoms with Gasteiger partial charge < -0.3 is 20.1 Å². The number of likely N-dealkylation sites (tertiary alicyclic amines) is 1. The number of anilines is 1. The van der Waals surface area contributed by atoms with Crippen molar-refractivity contribution in [2.75, 3.05) is 11.9 Å². The number of fused-ring (bicyclic) bond motifs is 1. The first-order chi connectivity index (χ1) is 12.0. The number of aliphatic carboxylic acids is 1. The first-order valence-corrected chi connectivity index (χ1v) is 8.62. The Kier molecular flexibility index (Phi) is 5.21. The van der Waals surface area contributed by atoms with Crippen molar-refractivity contribution in [1.82, 2.24) is 4.90 Å². The highest BCUT2D eigenvalue weighted by atomic mass is 16.5. The molecule has 2 amide bonds. The molecule has 0 saturated carbocycles. The first kappa shape index (κ1) is 17.3. The number of carbonyl (C=O) groups is 3. The zero-order valence-electron chi connectivity index (χ0n) is 13.9. The highest BCUT2D eigenvalue weighted by molar-refractivity contribution is 6.00. The van der Waals surface area contributed by atoms with E-state index >= 15 is 0 Å². The Bertz CT molecular complexity index is 675. The molecule has 2 N–H and O–H groups in total. The van der Waals surface area contributed by atoms with Crippen LogP contribution in [0.25, 0.3) is 0 Å². The third-order valence-corrected chi connectivity index (χ3v) is 4.71. The standard InChI is InChI=1S/C18H22N2O5/c21-16(20-10-4-3-5-12(20)8-9-17(22)23)11-15-18(24)19-13-6-1-2-7-14(13)25-15/h1-2,6-7,12,15H,3-5,8-11H2,(H,19,24)(H,22,23). The summed E-state index contributed by atoms with van der Waals surface area (Å²) in [6.45, 7) is 0.605. The van der Waals surface area contributed by atoms with Gasteiger partial charge in [-0.05, 0) is 37.8 Å². The number of amides is 2. The molecule has 0 bridgehead atoms. The molecule has 2 aliphatic heterocycles. The van der Waals surface area contributed by atoms with Gasteiger partial charge in [-0.15, -0.1) is 0 Å². The minimum atomic E-state index is -0.857. The summed E-state index contributed by atoms with van der Waals surface area (Å²) in [5, 5.41) is 11.6. The normalized spacial score (nSPS) is 22.6. The van der Waals surface area contributed by atoms with Crippen LogP contribution in [0.3, 0.4) is 0 Å². The van der Waals surface area contributed by atoms with Crippen molar-refractivity contribution in [2.45, 2.75) is 50.7 Å². The fourth-order valence-electron chi connectivity index (χ4n) is 3.42. The number of benzene rings is 1. The van der Waals surface area contributed by atoms with E-state index in [4.69, 9.17) is 9.84 Å². The molecule has 7 heteroatoms. The van der Waals surface area contributed by atoms with Gasteiger partial charge in [0.05, 0.1) is 12.1 Å². The average Bonchev–Trinajstić information content (AvgIpc) is 2.60. The summed E-state index contributed by atoms with van der Waals surface area (Å²) in [4.78, 5) is 37.4. The molecule has 25 heavy (non-hydrogen) atoms. The van der Waals surface area contributed by atoms with Gasteiger partial charge in [-0.1, -0.05) is 12.1 Å². The number of carboxylic acid groups (broad SMARTS) is 1. The quantitative estimate of drug-likeness (QED) is 0.850. The lowest BCUT2D eigenvalue weighted by atomic mass is 9.97. The van der Waals surface area contributed by atoms with Crippen molar-refractivity contribution in [1.29, 1.82) is 0 Å². The summed E-state index contributed by atoms with van der Waals surface area (Å²) in [6, 6.07) is 7.04. The lowest BCUT2D eigenvalue weighted by Crippen LogP contribution is -2.47. The SMILES string of the molecule is O=C(O)CCC1CCCCN1C(=O)CC1Oc2ccccc2NC1=O. The van der Waals surface area contributed by atoms with Crippen molar-refractivity contribution in [3.63, 3.8) is 0 Å².